The fourth-order valence-corrected chi connectivity index (χ4v) is 4.13. The van der Waals surface area contributed by atoms with Crippen LogP contribution in [-0.4, -0.2) is 30.9 Å². The van der Waals surface area contributed by atoms with Crippen molar-refractivity contribution in [1.29, 1.82) is 0 Å². The van der Waals surface area contributed by atoms with Gasteiger partial charge in [0.1, 0.15) is 5.76 Å². The predicted molar refractivity (Wildman–Crippen MR) is 128 cm³/mol. The van der Waals surface area contributed by atoms with E-state index in [1.54, 1.807) is 30.3 Å². The van der Waals surface area contributed by atoms with Crippen molar-refractivity contribution in [3.05, 3.63) is 100 Å². The largest absolute Gasteiger partial charge is 0.507 e. The lowest BCUT2D eigenvalue weighted by Gasteiger charge is -2.26. The topological polar surface area (TPSA) is 60.9 Å². The maximum absolute atomic E-state index is 13.2. The highest BCUT2D eigenvalue weighted by atomic mass is 35.5. The molecule has 1 aliphatic rings. The van der Waals surface area contributed by atoms with Crippen LogP contribution in [-0.2, 0) is 9.59 Å². The van der Waals surface area contributed by atoms with E-state index in [1.807, 2.05) is 68.4 Å². The molecule has 1 heterocycles. The number of aliphatic hydroxyl groups is 1. The molecule has 3 aromatic carbocycles. The Kier molecular flexibility index (Phi) is 5.76. The normalized spacial score (nSPS) is 17.6. The van der Waals surface area contributed by atoms with Crippen molar-refractivity contribution in [1.82, 2.24) is 0 Å². The van der Waals surface area contributed by atoms with Gasteiger partial charge in [0.15, 0.2) is 0 Å². The summed E-state index contributed by atoms with van der Waals surface area (Å²) in [7, 11) is 3.87. The van der Waals surface area contributed by atoms with E-state index in [0.717, 1.165) is 16.8 Å². The third-order valence-electron chi connectivity index (χ3n) is 5.55. The lowest BCUT2D eigenvalue weighted by atomic mass is 9.95. The number of benzene rings is 3. The van der Waals surface area contributed by atoms with Crippen LogP contribution < -0.4 is 9.80 Å². The first kappa shape index (κ1) is 21.7. The molecule has 162 valence electrons. The molecule has 1 aliphatic heterocycles. The second kappa shape index (κ2) is 8.52. The lowest BCUT2D eigenvalue weighted by molar-refractivity contribution is -0.132. The van der Waals surface area contributed by atoms with Gasteiger partial charge in [-0.2, -0.15) is 0 Å². The van der Waals surface area contributed by atoms with Gasteiger partial charge in [-0.1, -0.05) is 48.0 Å². The van der Waals surface area contributed by atoms with Crippen molar-refractivity contribution >= 4 is 40.4 Å². The smallest absolute Gasteiger partial charge is 0.300 e. The van der Waals surface area contributed by atoms with E-state index in [0.29, 0.717) is 16.3 Å². The summed E-state index contributed by atoms with van der Waals surface area (Å²) in [5.74, 6) is -1.66. The summed E-state index contributed by atoms with van der Waals surface area (Å²) in [5, 5.41) is 11.6. The maximum atomic E-state index is 13.2. The molecule has 0 spiro atoms. The summed E-state index contributed by atoms with van der Waals surface area (Å²) in [6.07, 6.45) is 0. The first-order valence-electron chi connectivity index (χ1n) is 10.2. The number of amides is 1. The molecular formula is C26H23ClN2O3. The number of carbonyl (C=O) groups is 2. The number of aryl methyl sites for hydroxylation is 1. The van der Waals surface area contributed by atoms with Crippen LogP contribution in [0.4, 0.5) is 11.4 Å². The molecule has 0 aromatic heterocycles. The molecule has 4 rings (SSSR count). The molecule has 3 aromatic rings. The number of hydrogen-bond acceptors (Lipinski definition) is 4. The molecule has 1 amide bonds. The van der Waals surface area contributed by atoms with Gasteiger partial charge in [0.2, 0.25) is 0 Å². The van der Waals surface area contributed by atoms with Gasteiger partial charge in [0.05, 0.1) is 11.6 Å². The highest BCUT2D eigenvalue weighted by molar-refractivity contribution is 6.51. The molecule has 0 aliphatic carbocycles. The van der Waals surface area contributed by atoms with Crippen molar-refractivity contribution in [2.45, 2.75) is 13.0 Å². The van der Waals surface area contributed by atoms with Crippen LogP contribution in [0.5, 0.6) is 0 Å². The van der Waals surface area contributed by atoms with Crippen molar-refractivity contribution in [2.75, 3.05) is 23.9 Å². The fourth-order valence-electron chi connectivity index (χ4n) is 3.94. The van der Waals surface area contributed by atoms with Crippen LogP contribution >= 0.6 is 11.6 Å². The zero-order chi connectivity index (χ0) is 23.0. The van der Waals surface area contributed by atoms with Gasteiger partial charge in [0.25, 0.3) is 11.7 Å². The number of aliphatic hydroxyl groups excluding tert-OH is 1. The summed E-state index contributed by atoms with van der Waals surface area (Å²) >= 11 is 6.10. The van der Waals surface area contributed by atoms with Crippen LogP contribution in [0, 0.1) is 6.92 Å². The van der Waals surface area contributed by atoms with Crippen molar-refractivity contribution in [3.63, 3.8) is 0 Å². The minimum atomic E-state index is -0.771. The van der Waals surface area contributed by atoms with E-state index in [9.17, 15) is 14.7 Å². The summed E-state index contributed by atoms with van der Waals surface area (Å²) in [5.41, 5.74) is 3.68. The Morgan fingerprint density at radius 2 is 1.66 bits per heavy atom. The number of halogens is 1. The van der Waals surface area contributed by atoms with Crippen LogP contribution in [0.25, 0.3) is 5.76 Å². The Labute approximate surface area is 192 Å². The molecule has 0 saturated carbocycles. The summed E-state index contributed by atoms with van der Waals surface area (Å²) in [6, 6.07) is 20.8. The average molecular weight is 447 g/mol. The van der Waals surface area contributed by atoms with Crippen LogP contribution in [0.1, 0.15) is 22.7 Å². The van der Waals surface area contributed by atoms with Gasteiger partial charge in [-0.25, -0.2) is 0 Å². The summed E-state index contributed by atoms with van der Waals surface area (Å²) < 4.78 is 0. The molecule has 1 N–H and O–H groups in total. The Morgan fingerprint density at radius 1 is 0.969 bits per heavy atom. The van der Waals surface area contributed by atoms with E-state index in [4.69, 9.17) is 11.6 Å². The van der Waals surface area contributed by atoms with Gasteiger partial charge in [-0.3, -0.25) is 14.5 Å². The molecule has 1 saturated heterocycles. The molecular weight excluding hydrogens is 424 g/mol. The molecule has 1 atom stereocenters. The molecule has 6 heteroatoms. The van der Waals surface area contributed by atoms with E-state index in [1.165, 1.54) is 4.90 Å². The molecule has 0 bridgehead atoms. The van der Waals surface area contributed by atoms with Gasteiger partial charge in [0, 0.05) is 36.1 Å². The standard InChI is InChI=1S/C26H23ClN2O3/c1-16-6-4-9-21(14-16)29-23(17-10-12-20(13-11-17)28(2)3)22(25(31)26(29)32)24(30)18-7-5-8-19(27)15-18/h4-15,23,30H,1-3H3/b24-22+. The van der Waals surface area contributed by atoms with Crippen LogP contribution in [0.2, 0.25) is 5.02 Å². The van der Waals surface area contributed by atoms with Crippen LogP contribution in [0.15, 0.2) is 78.4 Å². The number of ketones is 1. The first-order chi connectivity index (χ1) is 15.3. The Bertz CT molecular complexity index is 1230. The van der Waals surface area contributed by atoms with E-state index in [-0.39, 0.29) is 11.3 Å². The van der Waals surface area contributed by atoms with Gasteiger partial charge in [-0.15, -0.1) is 0 Å². The number of carbonyl (C=O) groups excluding carboxylic acids is 2. The molecule has 1 fully saturated rings. The predicted octanol–water partition coefficient (Wildman–Crippen LogP) is 5.34. The number of Topliss-reactive ketones (excluding diaryl/α,β-unsaturated/α-hetero) is 1. The monoisotopic (exact) mass is 446 g/mol. The summed E-state index contributed by atoms with van der Waals surface area (Å²) in [6.45, 7) is 1.92. The van der Waals surface area contributed by atoms with E-state index in [2.05, 4.69) is 0 Å². The molecule has 5 nitrogen and oxygen atoms in total. The zero-order valence-electron chi connectivity index (χ0n) is 18.0. The number of anilines is 2. The molecule has 0 radical (unpaired) electrons. The van der Waals surface area contributed by atoms with Crippen molar-refractivity contribution < 1.29 is 14.7 Å². The van der Waals surface area contributed by atoms with Crippen molar-refractivity contribution in [2.24, 2.45) is 0 Å². The quantitative estimate of drug-likeness (QED) is 0.334. The van der Waals surface area contributed by atoms with E-state index >= 15 is 0 Å². The number of rotatable bonds is 4. The van der Waals surface area contributed by atoms with Crippen LogP contribution in [0.3, 0.4) is 0 Å². The SMILES string of the molecule is Cc1cccc(N2C(=O)C(=O)/C(=C(/O)c3cccc(Cl)c3)C2c2ccc(N(C)C)cc2)c1. The van der Waals surface area contributed by atoms with E-state index < -0.39 is 17.7 Å². The Hall–Kier alpha value is -3.57. The maximum Gasteiger partial charge on any atom is 0.300 e. The van der Waals surface area contributed by atoms with Crippen molar-refractivity contribution in [3.8, 4) is 0 Å². The number of hydrogen-bond donors (Lipinski definition) is 1. The second-order valence-electron chi connectivity index (χ2n) is 8.00. The Morgan fingerprint density at radius 3 is 2.28 bits per heavy atom. The minimum absolute atomic E-state index is 0.0383. The molecule has 1 unspecified atom stereocenters. The van der Waals surface area contributed by atoms with Gasteiger partial charge in [-0.05, 0) is 54.4 Å². The number of nitrogens with zero attached hydrogens (tertiary/aromatic N) is 2. The second-order valence-corrected chi connectivity index (χ2v) is 8.44. The minimum Gasteiger partial charge on any atom is -0.507 e. The Balaban J connectivity index is 1.94. The van der Waals surface area contributed by atoms with Gasteiger partial charge < -0.3 is 10.0 Å². The van der Waals surface area contributed by atoms with Gasteiger partial charge >= 0.3 is 0 Å². The average Bonchev–Trinajstić information content (AvgIpc) is 3.04. The fraction of sp³-hybridized carbons (Fsp3) is 0.154. The third kappa shape index (κ3) is 3.87. The lowest BCUT2D eigenvalue weighted by Crippen LogP contribution is -2.29. The third-order valence-corrected chi connectivity index (χ3v) is 5.78. The summed E-state index contributed by atoms with van der Waals surface area (Å²) in [4.78, 5) is 29.8. The molecule has 32 heavy (non-hydrogen) atoms. The zero-order valence-corrected chi connectivity index (χ0v) is 18.8. The highest BCUT2D eigenvalue weighted by Crippen LogP contribution is 2.42. The first-order valence-corrected chi connectivity index (χ1v) is 10.6. The highest BCUT2D eigenvalue weighted by Gasteiger charge is 2.47.